The number of carboxylic acid groups (broad SMARTS) is 1. The molecule has 0 saturated carbocycles. The number of hydrogen-bond acceptors (Lipinski definition) is 3. The second-order valence-electron chi connectivity index (χ2n) is 3.13. The quantitative estimate of drug-likeness (QED) is 0.801. The van der Waals surface area contributed by atoms with Crippen molar-refractivity contribution >= 4 is 37.8 Å². The van der Waals surface area contributed by atoms with E-state index in [2.05, 4.69) is 37.6 Å². The minimum atomic E-state index is -1.18. The van der Waals surface area contributed by atoms with Crippen molar-refractivity contribution in [1.82, 2.24) is 0 Å². The number of carbonyl (C=O) groups is 1. The van der Waals surface area contributed by atoms with E-state index in [0.29, 0.717) is 8.95 Å². The van der Waals surface area contributed by atoms with Crippen molar-refractivity contribution in [1.29, 1.82) is 0 Å². The van der Waals surface area contributed by atoms with E-state index in [1.54, 1.807) is 12.1 Å². The van der Waals surface area contributed by atoms with E-state index >= 15 is 0 Å². The van der Waals surface area contributed by atoms with Crippen LogP contribution in [0.2, 0.25) is 0 Å². The fourth-order valence-corrected chi connectivity index (χ4v) is 2.38. The van der Waals surface area contributed by atoms with Gasteiger partial charge in [-0.05, 0) is 49.6 Å². The third kappa shape index (κ3) is 3.19. The Morgan fingerprint density at radius 1 is 1.47 bits per heavy atom. The Balaban J connectivity index is 2.92. The van der Waals surface area contributed by atoms with E-state index in [0.717, 1.165) is 5.56 Å². The molecule has 0 aliphatic carbocycles. The molecular weight excluding hydrogens is 330 g/mol. The summed E-state index contributed by atoms with van der Waals surface area (Å²) in [6.45, 7) is 0. The van der Waals surface area contributed by atoms with Crippen LogP contribution in [0, 0.1) is 0 Å². The van der Waals surface area contributed by atoms with Crippen LogP contribution in [0.15, 0.2) is 21.1 Å². The maximum Gasteiger partial charge on any atom is 0.143 e. The summed E-state index contributed by atoms with van der Waals surface area (Å²) in [7, 11) is 0. The minimum absolute atomic E-state index is 0.0906. The number of hydrogen-bond donors (Lipinski definition) is 2. The van der Waals surface area contributed by atoms with Crippen molar-refractivity contribution in [3.63, 3.8) is 0 Å². The van der Waals surface area contributed by atoms with Gasteiger partial charge in [-0.15, -0.1) is 0 Å². The van der Waals surface area contributed by atoms with E-state index in [1.165, 1.54) is 0 Å². The Bertz CT molecular complexity index is 372. The number of aromatic hydroxyl groups is 1. The molecule has 0 bridgehead atoms. The zero-order valence-electron chi connectivity index (χ0n) is 7.67. The first kappa shape index (κ1) is 12.5. The van der Waals surface area contributed by atoms with Crippen molar-refractivity contribution in [2.75, 3.05) is 0 Å². The van der Waals surface area contributed by atoms with Crippen molar-refractivity contribution in [2.45, 2.75) is 12.5 Å². The number of phenols is 1. The maximum atomic E-state index is 10.5. The van der Waals surface area contributed by atoms with Crippen LogP contribution < -0.4 is 10.8 Å². The number of carbonyl (C=O) groups excluding carboxylic acids is 1. The number of carboxylic acids is 1. The zero-order chi connectivity index (χ0) is 11.6. The summed E-state index contributed by atoms with van der Waals surface area (Å²) in [5.41, 5.74) is 4.22. The number of phenolic OH excluding ortho intramolecular Hbond substituents is 1. The SMILES string of the molecule is [NH3+][C@@H](Cc1cc(Br)c(O)c(Br)c1)C(=O)[O-]. The fraction of sp³-hybridized carbons (Fsp3) is 0.222. The molecule has 1 rings (SSSR count). The lowest BCUT2D eigenvalue weighted by molar-refractivity contribution is -0.437. The van der Waals surface area contributed by atoms with Crippen LogP contribution >= 0.6 is 31.9 Å². The molecule has 6 heteroatoms. The third-order valence-electron chi connectivity index (χ3n) is 1.89. The van der Waals surface area contributed by atoms with E-state index in [-0.39, 0.29) is 12.2 Å². The van der Waals surface area contributed by atoms with Gasteiger partial charge in [-0.3, -0.25) is 0 Å². The average Bonchev–Trinajstić information content (AvgIpc) is 2.13. The molecule has 0 radical (unpaired) electrons. The Morgan fingerprint density at radius 3 is 2.33 bits per heavy atom. The standard InChI is InChI=1S/C9H9Br2NO3/c10-5-1-4(2-6(11)8(5)13)3-7(12)9(14)15/h1-2,7,13H,3,12H2,(H,14,15)/t7-/m0/s1. The van der Waals surface area contributed by atoms with Crippen molar-refractivity contribution in [2.24, 2.45) is 0 Å². The molecule has 0 amide bonds. The zero-order valence-corrected chi connectivity index (χ0v) is 10.8. The normalized spacial score (nSPS) is 12.5. The second-order valence-corrected chi connectivity index (χ2v) is 4.84. The van der Waals surface area contributed by atoms with Crippen LogP contribution in [0.4, 0.5) is 0 Å². The van der Waals surface area contributed by atoms with Crippen molar-refractivity contribution < 1.29 is 20.7 Å². The van der Waals surface area contributed by atoms with Crippen LogP contribution in [-0.2, 0) is 11.2 Å². The van der Waals surface area contributed by atoms with Crippen LogP contribution in [0.25, 0.3) is 0 Å². The summed E-state index contributed by atoms with van der Waals surface area (Å²) < 4.78 is 1.02. The van der Waals surface area contributed by atoms with Gasteiger partial charge in [-0.2, -0.15) is 0 Å². The van der Waals surface area contributed by atoms with Gasteiger partial charge < -0.3 is 20.7 Å². The first-order valence-electron chi connectivity index (χ1n) is 4.12. The molecule has 4 nitrogen and oxygen atoms in total. The lowest BCUT2D eigenvalue weighted by Crippen LogP contribution is -2.69. The molecule has 0 unspecified atom stereocenters. The highest BCUT2D eigenvalue weighted by atomic mass is 79.9. The van der Waals surface area contributed by atoms with Gasteiger partial charge in [0.05, 0.1) is 14.9 Å². The Hall–Kier alpha value is -0.590. The van der Waals surface area contributed by atoms with Crippen LogP contribution in [0.5, 0.6) is 5.75 Å². The van der Waals surface area contributed by atoms with E-state index < -0.39 is 12.0 Å². The molecular formula is C9H9Br2NO3. The molecule has 0 aliphatic heterocycles. The highest BCUT2D eigenvalue weighted by molar-refractivity contribution is 9.11. The summed E-state index contributed by atoms with van der Waals surface area (Å²) in [6, 6.07) is 2.51. The molecule has 1 atom stereocenters. The number of halogens is 2. The molecule has 4 N–H and O–H groups in total. The Morgan fingerprint density at radius 2 is 1.93 bits per heavy atom. The number of aliphatic carboxylic acids is 1. The summed E-state index contributed by atoms with van der Waals surface area (Å²) in [6.07, 6.45) is 0.264. The number of rotatable bonds is 3. The van der Waals surface area contributed by atoms with Gasteiger partial charge >= 0.3 is 0 Å². The van der Waals surface area contributed by atoms with Gasteiger partial charge in [0.15, 0.2) is 0 Å². The maximum absolute atomic E-state index is 10.5. The van der Waals surface area contributed by atoms with Crippen LogP contribution in [0.1, 0.15) is 5.56 Å². The minimum Gasteiger partial charge on any atom is -0.544 e. The van der Waals surface area contributed by atoms with Gasteiger partial charge in [0.2, 0.25) is 0 Å². The molecule has 0 fully saturated rings. The number of benzene rings is 1. The molecule has 0 saturated heterocycles. The molecule has 0 aliphatic rings. The number of quaternary nitrogens is 1. The van der Waals surface area contributed by atoms with Gasteiger partial charge in [0, 0.05) is 6.42 Å². The molecule has 82 valence electrons. The first-order valence-corrected chi connectivity index (χ1v) is 5.71. The topological polar surface area (TPSA) is 88.0 Å². The van der Waals surface area contributed by atoms with E-state index in [4.69, 9.17) is 0 Å². The van der Waals surface area contributed by atoms with Gasteiger partial charge in [-0.25, -0.2) is 0 Å². The average molecular weight is 339 g/mol. The van der Waals surface area contributed by atoms with Gasteiger partial charge in [-0.1, -0.05) is 0 Å². The summed E-state index contributed by atoms with van der Waals surface area (Å²) in [5.74, 6) is -1.09. The van der Waals surface area contributed by atoms with Crippen molar-refractivity contribution in [3.8, 4) is 5.75 Å². The summed E-state index contributed by atoms with van der Waals surface area (Å²) >= 11 is 6.32. The second kappa shape index (κ2) is 4.96. The molecule has 1 aromatic carbocycles. The monoisotopic (exact) mass is 337 g/mol. The van der Waals surface area contributed by atoms with Crippen molar-refractivity contribution in [3.05, 3.63) is 26.6 Å². The molecule has 0 spiro atoms. The van der Waals surface area contributed by atoms with Gasteiger partial charge in [0.1, 0.15) is 11.8 Å². The predicted molar refractivity (Wildman–Crippen MR) is 58.9 cm³/mol. The van der Waals surface area contributed by atoms with Gasteiger partial charge in [0.25, 0.3) is 0 Å². The summed E-state index contributed by atoms with van der Waals surface area (Å²) in [4.78, 5) is 10.5. The highest BCUT2D eigenvalue weighted by Gasteiger charge is 2.11. The highest BCUT2D eigenvalue weighted by Crippen LogP contribution is 2.33. The fourth-order valence-electron chi connectivity index (χ4n) is 1.10. The van der Waals surface area contributed by atoms with Crippen LogP contribution in [0.3, 0.4) is 0 Å². The first-order chi connectivity index (χ1) is 6.91. The predicted octanol–water partition coefficient (Wildman–Crippen LogP) is -0.180. The Labute approximate surface area is 103 Å². The third-order valence-corrected chi connectivity index (χ3v) is 3.10. The van der Waals surface area contributed by atoms with E-state index in [9.17, 15) is 15.0 Å². The lowest BCUT2D eigenvalue weighted by Gasteiger charge is -2.10. The summed E-state index contributed by atoms with van der Waals surface area (Å²) in [5, 5.41) is 19.9. The molecule has 0 heterocycles. The molecule has 15 heavy (non-hydrogen) atoms. The van der Waals surface area contributed by atoms with Crippen LogP contribution in [-0.4, -0.2) is 17.1 Å². The lowest BCUT2D eigenvalue weighted by atomic mass is 10.1. The largest absolute Gasteiger partial charge is 0.544 e. The van der Waals surface area contributed by atoms with E-state index in [1.807, 2.05) is 0 Å². The molecule has 1 aromatic rings. The smallest absolute Gasteiger partial charge is 0.143 e. The molecule has 0 aromatic heterocycles. The Kier molecular flexibility index (Phi) is 4.12.